The maximum absolute atomic E-state index is 13.2. The molecule has 144 valence electrons. The summed E-state index contributed by atoms with van der Waals surface area (Å²) >= 11 is 12.0. The number of rotatable bonds is 3. The lowest BCUT2D eigenvalue weighted by molar-refractivity contribution is 0.0967. The van der Waals surface area contributed by atoms with Gasteiger partial charge in [-0.05, 0) is 36.4 Å². The third-order valence-electron chi connectivity index (χ3n) is 4.54. The van der Waals surface area contributed by atoms with E-state index in [1.807, 2.05) is 18.2 Å². The van der Waals surface area contributed by atoms with Crippen LogP contribution in [0, 0.1) is 0 Å². The van der Waals surface area contributed by atoms with Crippen LogP contribution in [-0.2, 0) is 0 Å². The molecule has 0 atom stereocenters. The van der Waals surface area contributed by atoms with Crippen LogP contribution in [-0.4, -0.2) is 16.4 Å². The molecule has 0 unspecified atom stereocenters. The summed E-state index contributed by atoms with van der Waals surface area (Å²) in [6, 6.07) is 20.7. The minimum atomic E-state index is -0.406. The van der Waals surface area contributed by atoms with Crippen LogP contribution < -0.4 is 11.1 Å². The molecule has 0 radical (unpaired) electrons. The average Bonchev–Trinajstić information content (AvgIpc) is 3.02. The van der Waals surface area contributed by atoms with E-state index >= 15 is 0 Å². The third kappa shape index (κ3) is 3.46. The van der Waals surface area contributed by atoms with Gasteiger partial charge >= 0.3 is 0 Å². The van der Waals surface area contributed by atoms with Gasteiger partial charge in [-0.25, -0.2) is 0 Å². The summed E-state index contributed by atoms with van der Waals surface area (Å²) in [7, 11) is 0. The molecular weight excluding hydrogens is 409 g/mol. The number of nitrogen functional groups attached to an aromatic ring is 1. The van der Waals surface area contributed by atoms with Crippen molar-refractivity contribution in [1.82, 2.24) is 4.57 Å². The van der Waals surface area contributed by atoms with Gasteiger partial charge in [0.1, 0.15) is 5.82 Å². The standard InChI is InChI=1S/C22H15Cl2N3O2/c23-16-11-10-13(12-17(16)24)22(29)27-18-9-5-4-8-15(18)19(20(27)25)21(28)26-14-6-2-1-3-7-14/h1-12H,25H2,(H,26,28). The van der Waals surface area contributed by atoms with Crippen molar-refractivity contribution in [3.8, 4) is 0 Å². The first-order chi connectivity index (χ1) is 14.0. The number of benzene rings is 3. The number of fused-ring (bicyclic) bond motifs is 1. The number of nitrogens with one attached hydrogen (secondary N) is 1. The van der Waals surface area contributed by atoms with Gasteiger partial charge in [0, 0.05) is 16.6 Å². The number of para-hydroxylation sites is 2. The van der Waals surface area contributed by atoms with Crippen molar-refractivity contribution >= 4 is 57.4 Å². The second-order valence-corrected chi connectivity index (χ2v) is 7.18. The number of nitrogens with two attached hydrogens (primary N) is 1. The van der Waals surface area contributed by atoms with E-state index in [1.165, 1.54) is 10.6 Å². The number of halogens is 2. The highest BCUT2D eigenvalue weighted by Crippen LogP contribution is 2.31. The number of nitrogens with zero attached hydrogens (tertiary/aromatic N) is 1. The Morgan fingerprint density at radius 3 is 2.28 bits per heavy atom. The van der Waals surface area contributed by atoms with Crippen molar-refractivity contribution in [2.24, 2.45) is 0 Å². The molecule has 0 aliphatic rings. The van der Waals surface area contributed by atoms with Gasteiger partial charge in [0.05, 0.1) is 21.1 Å². The number of amides is 1. The Morgan fingerprint density at radius 1 is 0.862 bits per heavy atom. The second-order valence-electron chi connectivity index (χ2n) is 6.37. The van der Waals surface area contributed by atoms with Crippen molar-refractivity contribution < 1.29 is 9.59 Å². The average molecular weight is 424 g/mol. The molecule has 4 aromatic rings. The van der Waals surface area contributed by atoms with Crippen molar-refractivity contribution in [3.05, 3.63) is 94.0 Å². The Kier molecular flexibility index (Phi) is 5.01. The molecule has 3 aromatic carbocycles. The van der Waals surface area contributed by atoms with Crippen LogP contribution >= 0.6 is 23.2 Å². The molecule has 3 N–H and O–H groups in total. The summed E-state index contributed by atoms with van der Waals surface area (Å²) in [6.07, 6.45) is 0. The normalized spacial score (nSPS) is 10.8. The predicted molar refractivity (Wildman–Crippen MR) is 117 cm³/mol. The highest BCUT2D eigenvalue weighted by molar-refractivity contribution is 6.42. The Morgan fingerprint density at radius 2 is 1.55 bits per heavy atom. The van der Waals surface area contributed by atoms with E-state index in [4.69, 9.17) is 28.9 Å². The predicted octanol–water partition coefficient (Wildman–Crippen LogP) is 5.47. The summed E-state index contributed by atoms with van der Waals surface area (Å²) < 4.78 is 1.31. The van der Waals surface area contributed by atoms with Crippen molar-refractivity contribution in [2.75, 3.05) is 11.1 Å². The zero-order chi connectivity index (χ0) is 20.5. The Labute approximate surface area is 176 Å². The first-order valence-electron chi connectivity index (χ1n) is 8.72. The number of hydrogen-bond acceptors (Lipinski definition) is 3. The Hall–Kier alpha value is -3.28. The molecule has 0 spiro atoms. The topological polar surface area (TPSA) is 77.1 Å². The smallest absolute Gasteiger partial charge is 0.264 e. The van der Waals surface area contributed by atoms with Gasteiger partial charge < -0.3 is 11.1 Å². The van der Waals surface area contributed by atoms with Crippen LogP contribution in [0.1, 0.15) is 20.7 Å². The van der Waals surface area contributed by atoms with Gasteiger partial charge in [-0.15, -0.1) is 0 Å². The van der Waals surface area contributed by atoms with Crippen LogP contribution in [0.4, 0.5) is 11.5 Å². The van der Waals surface area contributed by atoms with Crippen molar-refractivity contribution in [1.29, 1.82) is 0 Å². The maximum Gasteiger partial charge on any atom is 0.264 e. The number of carbonyl (C=O) groups is 2. The molecule has 0 bridgehead atoms. The summed E-state index contributed by atoms with van der Waals surface area (Å²) in [4.78, 5) is 26.2. The molecule has 7 heteroatoms. The zero-order valence-electron chi connectivity index (χ0n) is 15.0. The van der Waals surface area contributed by atoms with E-state index in [0.29, 0.717) is 27.2 Å². The van der Waals surface area contributed by atoms with Crippen molar-refractivity contribution in [2.45, 2.75) is 0 Å². The van der Waals surface area contributed by atoms with Gasteiger partial charge in [0.2, 0.25) is 0 Å². The van der Waals surface area contributed by atoms with Gasteiger partial charge in [0.15, 0.2) is 0 Å². The molecule has 0 aliphatic carbocycles. The van der Waals surface area contributed by atoms with Gasteiger partial charge in [0.25, 0.3) is 11.8 Å². The Balaban J connectivity index is 1.83. The highest BCUT2D eigenvalue weighted by atomic mass is 35.5. The summed E-state index contributed by atoms with van der Waals surface area (Å²) in [6.45, 7) is 0. The van der Waals surface area contributed by atoms with E-state index in [1.54, 1.807) is 48.5 Å². The van der Waals surface area contributed by atoms with Gasteiger partial charge in [-0.2, -0.15) is 0 Å². The lowest BCUT2D eigenvalue weighted by Gasteiger charge is -2.08. The first kappa shape index (κ1) is 19.1. The first-order valence-corrected chi connectivity index (χ1v) is 9.48. The number of anilines is 2. The van der Waals surface area contributed by atoms with Gasteiger partial charge in [-0.3, -0.25) is 14.2 Å². The van der Waals surface area contributed by atoms with Gasteiger partial charge in [-0.1, -0.05) is 59.6 Å². The monoisotopic (exact) mass is 423 g/mol. The number of carbonyl (C=O) groups excluding carboxylic acids is 2. The van der Waals surface area contributed by atoms with Crippen LogP contribution in [0.5, 0.6) is 0 Å². The highest BCUT2D eigenvalue weighted by Gasteiger charge is 2.25. The minimum Gasteiger partial charge on any atom is -0.384 e. The quantitative estimate of drug-likeness (QED) is 0.458. The number of aromatic nitrogens is 1. The minimum absolute atomic E-state index is 0.0516. The molecule has 0 fully saturated rings. The summed E-state index contributed by atoms with van der Waals surface area (Å²) in [5.74, 6) is -0.752. The van der Waals surface area contributed by atoms with Crippen LogP contribution in [0.25, 0.3) is 10.9 Å². The van der Waals surface area contributed by atoms with E-state index in [0.717, 1.165) is 0 Å². The fourth-order valence-electron chi connectivity index (χ4n) is 3.19. The molecule has 0 saturated carbocycles. The molecule has 1 aromatic heterocycles. The fraction of sp³-hybridized carbons (Fsp3) is 0. The molecule has 29 heavy (non-hydrogen) atoms. The van der Waals surface area contributed by atoms with Crippen molar-refractivity contribution in [3.63, 3.8) is 0 Å². The molecule has 4 rings (SSSR count). The van der Waals surface area contributed by atoms with E-state index in [9.17, 15) is 9.59 Å². The van der Waals surface area contributed by atoms with E-state index < -0.39 is 11.8 Å². The second kappa shape index (κ2) is 7.62. The molecule has 1 heterocycles. The molecule has 0 aliphatic heterocycles. The Bertz CT molecular complexity index is 1250. The largest absolute Gasteiger partial charge is 0.384 e. The maximum atomic E-state index is 13.2. The van der Waals surface area contributed by atoms with Crippen LogP contribution in [0.3, 0.4) is 0 Å². The molecule has 1 amide bonds. The van der Waals surface area contributed by atoms with E-state index in [2.05, 4.69) is 5.32 Å². The molecular formula is C22H15Cl2N3O2. The SMILES string of the molecule is Nc1c(C(=O)Nc2ccccc2)c2ccccc2n1C(=O)c1ccc(Cl)c(Cl)c1. The van der Waals surface area contributed by atoms with E-state index in [-0.39, 0.29) is 16.4 Å². The van der Waals surface area contributed by atoms with Crippen LogP contribution in [0.15, 0.2) is 72.8 Å². The fourth-order valence-corrected chi connectivity index (χ4v) is 3.49. The number of hydrogen-bond donors (Lipinski definition) is 2. The lowest BCUT2D eigenvalue weighted by Crippen LogP contribution is -2.18. The molecule has 5 nitrogen and oxygen atoms in total. The summed E-state index contributed by atoms with van der Waals surface area (Å²) in [5, 5.41) is 4.00. The third-order valence-corrected chi connectivity index (χ3v) is 5.28. The van der Waals surface area contributed by atoms with Crippen LogP contribution in [0.2, 0.25) is 10.0 Å². The summed E-state index contributed by atoms with van der Waals surface area (Å²) in [5.41, 5.74) is 8.00. The lowest BCUT2D eigenvalue weighted by atomic mass is 10.1. The zero-order valence-corrected chi connectivity index (χ0v) is 16.5. The molecule has 0 saturated heterocycles.